The number of anilines is 1. The number of para-hydroxylation sites is 1. The van der Waals surface area contributed by atoms with Gasteiger partial charge in [-0.3, -0.25) is 0 Å². The molecule has 2 N–H and O–H groups in total. The van der Waals surface area contributed by atoms with Crippen molar-refractivity contribution in [2.45, 2.75) is 37.8 Å². The van der Waals surface area contributed by atoms with Crippen LogP contribution in [0, 0.1) is 0 Å². The number of benzene rings is 1. The monoisotopic (exact) mass is 246 g/mol. The van der Waals surface area contributed by atoms with Gasteiger partial charge in [-0.05, 0) is 37.3 Å². The van der Waals surface area contributed by atoms with Crippen LogP contribution in [0.5, 0.6) is 0 Å². The van der Waals surface area contributed by atoms with E-state index < -0.39 is 0 Å². The maximum absolute atomic E-state index is 10.1. The van der Waals surface area contributed by atoms with Crippen LogP contribution < -0.4 is 10.2 Å². The predicted octanol–water partition coefficient (Wildman–Crippen LogP) is 1.55. The summed E-state index contributed by atoms with van der Waals surface area (Å²) in [5.41, 5.74) is 2.74. The first-order valence-electron chi connectivity index (χ1n) is 7.07. The Kier molecular flexibility index (Phi) is 3.52. The van der Waals surface area contributed by atoms with Gasteiger partial charge in [-0.1, -0.05) is 18.2 Å². The van der Waals surface area contributed by atoms with Crippen molar-refractivity contribution in [3.05, 3.63) is 29.8 Å². The fourth-order valence-electron chi connectivity index (χ4n) is 2.71. The molecule has 1 unspecified atom stereocenters. The lowest BCUT2D eigenvalue weighted by atomic mass is 10.0. The average molecular weight is 246 g/mol. The van der Waals surface area contributed by atoms with Gasteiger partial charge in [-0.15, -0.1) is 0 Å². The standard InChI is InChI=1S/C15H22N2O/c18-14(10-16-13-7-8-13)11-17-9-3-5-12-4-1-2-6-15(12)17/h1-2,4,6,13-14,16,18H,3,5,7-11H2. The van der Waals surface area contributed by atoms with Gasteiger partial charge in [0.25, 0.3) is 0 Å². The second kappa shape index (κ2) is 5.29. The van der Waals surface area contributed by atoms with Crippen molar-refractivity contribution in [1.82, 2.24) is 5.32 Å². The van der Waals surface area contributed by atoms with Crippen LogP contribution in [-0.4, -0.2) is 36.9 Å². The zero-order valence-electron chi connectivity index (χ0n) is 10.8. The van der Waals surface area contributed by atoms with Crippen LogP contribution in [0.1, 0.15) is 24.8 Å². The first-order valence-corrected chi connectivity index (χ1v) is 7.07. The van der Waals surface area contributed by atoms with E-state index in [9.17, 15) is 5.11 Å². The van der Waals surface area contributed by atoms with Gasteiger partial charge in [-0.25, -0.2) is 0 Å². The van der Waals surface area contributed by atoms with E-state index in [1.54, 1.807) is 0 Å². The van der Waals surface area contributed by atoms with Crippen molar-refractivity contribution < 1.29 is 5.11 Å². The molecular formula is C15H22N2O. The fourth-order valence-corrected chi connectivity index (χ4v) is 2.71. The second-order valence-corrected chi connectivity index (χ2v) is 5.51. The molecule has 2 aliphatic rings. The van der Waals surface area contributed by atoms with Gasteiger partial charge in [-0.2, -0.15) is 0 Å². The van der Waals surface area contributed by atoms with Gasteiger partial charge in [0, 0.05) is 31.4 Å². The number of rotatable bonds is 5. The molecule has 3 nitrogen and oxygen atoms in total. The highest BCUT2D eigenvalue weighted by Crippen LogP contribution is 2.26. The van der Waals surface area contributed by atoms with Crippen molar-refractivity contribution in [2.24, 2.45) is 0 Å². The number of nitrogens with one attached hydrogen (secondary N) is 1. The number of aliphatic hydroxyl groups is 1. The minimum atomic E-state index is -0.267. The molecule has 1 aliphatic heterocycles. The Morgan fingerprint density at radius 1 is 1.33 bits per heavy atom. The van der Waals surface area contributed by atoms with Crippen molar-refractivity contribution in [2.75, 3.05) is 24.5 Å². The largest absolute Gasteiger partial charge is 0.390 e. The van der Waals surface area contributed by atoms with E-state index in [4.69, 9.17) is 0 Å². The second-order valence-electron chi connectivity index (χ2n) is 5.51. The Morgan fingerprint density at radius 2 is 2.17 bits per heavy atom. The van der Waals surface area contributed by atoms with Gasteiger partial charge in [0.15, 0.2) is 0 Å². The lowest BCUT2D eigenvalue weighted by Gasteiger charge is -2.33. The number of aryl methyl sites for hydroxylation is 1. The highest BCUT2D eigenvalue weighted by molar-refractivity contribution is 5.55. The van der Waals surface area contributed by atoms with Crippen molar-refractivity contribution in [1.29, 1.82) is 0 Å². The summed E-state index contributed by atoms with van der Waals surface area (Å²) in [6.07, 6.45) is 4.65. The molecule has 0 bridgehead atoms. The maximum Gasteiger partial charge on any atom is 0.0839 e. The zero-order chi connectivity index (χ0) is 12.4. The Hall–Kier alpha value is -1.06. The molecule has 0 aromatic heterocycles. The summed E-state index contributed by atoms with van der Waals surface area (Å²) in [5.74, 6) is 0. The first-order chi connectivity index (χ1) is 8.83. The van der Waals surface area contributed by atoms with Gasteiger partial charge in [0.1, 0.15) is 0 Å². The summed E-state index contributed by atoms with van der Waals surface area (Å²) in [5, 5.41) is 13.5. The molecule has 3 heteroatoms. The molecule has 98 valence electrons. The summed E-state index contributed by atoms with van der Waals surface area (Å²) in [7, 11) is 0. The summed E-state index contributed by atoms with van der Waals surface area (Å²) in [6.45, 7) is 2.54. The smallest absolute Gasteiger partial charge is 0.0839 e. The highest BCUT2D eigenvalue weighted by atomic mass is 16.3. The topological polar surface area (TPSA) is 35.5 Å². The van der Waals surface area contributed by atoms with Crippen LogP contribution in [0.2, 0.25) is 0 Å². The molecule has 1 aromatic rings. The Labute approximate surface area is 109 Å². The fraction of sp³-hybridized carbons (Fsp3) is 0.600. The summed E-state index contributed by atoms with van der Waals surface area (Å²) in [6, 6.07) is 9.25. The molecule has 0 amide bonds. The molecule has 0 saturated heterocycles. The molecule has 0 radical (unpaired) electrons. The van der Waals surface area contributed by atoms with Gasteiger partial charge in [0.05, 0.1) is 6.10 Å². The summed E-state index contributed by atoms with van der Waals surface area (Å²) in [4.78, 5) is 2.33. The van der Waals surface area contributed by atoms with Crippen LogP contribution >= 0.6 is 0 Å². The van der Waals surface area contributed by atoms with Gasteiger partial charge >= 0.3 is 0 Å². The number of aliphatic hydroxyl groups excluding tert-OH is 1. The SMILES string of the molecule is OC(CNC1CC1)CN1CCCc2ccccc21. The molecule has 18 heavy (non-hydrogen) atoms. The number of nitrogens with zero attached hydrogens (tertiary/aromatic N) is 1. The van der Waals surface area contributed by atoms with Crippen LogP contribution in [0.4, 0.5) is 5.69 Å². The lowest BCUT2D eigenvalue weighted by Crippen LogP contribution is -2.41. The third-order valence-electron chi connectivity index (χ3n) is 3.86. The van der Waals surface area contributed by atoms with Crippen molar-refractivity contribution in [3.63, 3.8) is 0 Å². The lowest BCUT2D eigenvalue weighted by molar-refractivity contribution is 0.175. The van der Waals surface area contributed by atoms with Gasteiger partial charge in [0.2, 0.25) is 0 Å². The number of hydrogen-bond donors (Lipinski definition) is 2. The van der Waals surface area contributed by atoms with E-state index in [2.05, 4.69) is 34.5 Å². The Balaban J connectivity index is 1.58. The minimum absolute atomic E-state index is 0.267. The maximum atomic E-state index is 10.1. The molecule has 1 saturated carbocycles. The summed E-state index contributed by atoms with van der Waals surface area (Å²) < 4.78 is 0. The third kappa shape index (κ3) is 2.85. The van der Waals surface area contributed by atoms with E-state index >= 15 is 0 Å². The van der Waals surface area contributed by atoms with E-state index in [0.29, 0.717) is 6.04 Å². The first kappa shape index (κ1) is 12.0. The third-order valence-corrected chi connectivity index (χ3v) is 3.86. The van der Waals surface area contributed by atoms with Crippen molar-refractivity contribution in [3.8, 4) is 0 Å². The molecule has 1 atom stereocenters. The van der Waals surface area contributed by atoms with Gasteiger partial charge < -0.3 is 15.3 Å². The van der Waals surface area contributed by atoms with Crippen LogP contribution in [0.3, 0.4) is 0 Å². The van der Waals surface area contributed by atoms with E-state index in [-0.39, 0.29) is 6.10 Å². The number of hydrogen-bond acceptors (Lipinski definition) is 3. The molecule has 1 fully saturated rings. The van der Waals surface area contributed by atoms with Crippen molar-refractivity contribution >= 4 is 5.69 Å². The molecule has 1 aromatic carbocycles. The molecular weight excluding hydrogens is 224 g/mol. The predicted molar refractivity (Wildman–Crippen MR) is 74.0 cm³/mol. The Bertz CT molecular complexity index is 403. The Morgan fingerprint density at radius 3 is 3.00 bits per heavy atom. The zero-order valence-corrected chi connectivity index (χ0v) is 10.8. The van der Waals surface area contributed by atoms with E-state index in [1.165, 1.54) is 36.9 Å². The van der Waals surface area contributed by atoms with E-state index in [0.717, 1.165) is 19.6 Å². The number of β-amino-alcohol motifs (C(OH)–C–C–N with tert-alkyl or cyclic N) is 1. The molecule has 0 spiro atoms. The minimum Gasteiger partial charge on any atom is -0.390 e. The highest BCUT2D eigenvalue weighted by Gasteiger charge is 2.23. The number of fused-ring (bicyclic) bond motifs is 1. The van der Waals surface area contributed by atoms with Crippen LogP contribution in [0.25, 0.3) is 0 Å². The molecule has 3 rings (SSSR count). The quantitative estimate of drug-likeness (QED) is 0.827. The summed E-state index contributed by atoms with van der Waals surface area (Å²) >= 11 is 0. The average Bonchev–Trinajstić information content (AvgIpc) is 3.21. The van der Waals surface area contributed by atoms with E-state index in [1.807, 2.05) is 0 Å². The molecule has 1 aliphatic carbocycles. The van der Waals surface area contributed by atoms with Crippen LogP contribution in [-0.2, 0) is 6.42 Å². The normalized spacial score (nSPS) is 20.6. The molecule has 1 heterocycles. The van der Waals surface area contributed by atoms with Crippen LogP contribution in [0.15, 0.2) is 24.3 Å².